The molecule has 5 heteroatoms. The summed E-state index contributed by atoms with van der Waals surface area (Å²) in [6, 6.07) is 3.76. The third-order valence-corrected chi connectivity index (χ3v) is 9.36. The van der Waals surface area contributed by atoms with Crippen LogP contribution < -0.4 is 5.73 Å². The highest BCUT2D eigenvalue weighted by Gasteiger charge is 2.64. The summed E-state index contributed by atoms with van der Waals surface area (Å²) >= 11 is 0. The van der Waals surface area contributed by atoms with E-state index in [1.54, 1.807) is 6.26 Å². The number of hydrogen-bond donors (Lipinski definition) is 4. The van der Waals surface area contributed by atoms with Crippen molar-refractivity contribution in [1.82, 2.24) is 0 Å². The predicted octanol–water partition coefficient (Wildman–Crippen LogP) is 3.03. The first-order valence-corrected chi connectivity index (χ1v) is 11.1. The summed E-state index contributed by atoms with van der Waals surface area (Å²) in [6.45, 7) is 5.26. The Hall–Kier alpha value is -0.880. The summed E-state index contributed by atoms with van der Waals surface area (Å²) in [5, 5.41) is 31.9. The van der Waals surface area contributed by atoms with Crippen LogP contribution >= 0.6 is 0 Å². The Morgan fingerprint density at radius 1 is 1.14 bits per heavy atom. The molecule has 5 N–H and O–H groups in total. The van der Waals surface area contributed by atoms with Crippen LogP contribution in [0.5, 0.6) is 0 Å². The lowest BCUT2D eigenvalue weighted by Gasteiger charge is -2.57. The van der Waals surface area contributed by atoms with Gasteiger partial charge in [-0.15, -0.1) is 0 Å². The van der Waals surface area contributed by atoms with Crippen molar-refractivity contribution in [3.05, 3.63) is 24.2 Å². The molecule has 3 aliphatic rings. The number of aliphatic hydroxyl groups excluding tert-OH is 2. The van der Waals surface area contributed by atoms with E-state index >= 15 is 0 Å². The minimum atomic E-state index is -0.931. The molecule has 1 aromatic heterocycles. The van der Waals surface area contributed by atoms with Crippen molar-refractivity contribution in [3.8, 4) is 0 Å². The van der Waals surface area contributed by atoms with Crippen LogP contribution in [0, 0.1) is 34.5 Å². The smallest absolute Gasteiger partial charge is 0.135 e. The molecule has 1 aromatic rings. The van der Waals surface area contributed by atoms with Crippen LogP contribution in [0.3, 0.4) is 0 Å². The van der Waals surface area contributed by atoms with Crippen molar-refractivity contribution in [2.24, 2.45) is 40.2 Å². The Bertz CT molecular complexity index is 678. The molecule has 0 spiro atoms. The van der Waals surface area contributed by atoms with Gasteiger partial charge in [0.15, 0.2) is 0 Å². The summed E-state index contributed by atoms with van der Waals surface area (Å²) in [5.74, 6) is 1.88. The molecule has 1 heterocycles. The van der Waals surface area contributed by atoms with E-state index in [2.05, 4.69) is 13.8 Å². The molecule has 3 fully saturated rings. The monoisotopic (exact) mass is 391 g/mol. The lowest BCUT2D eigenvalue weighted by molar-refractivity contribution is -0.150. The largest absolute Gasteiger partial charge is 0.466 e. The minimum Gasteiger partial charge on any atom is -0.466 e. The highest BCUT2D eigenvalue weighted by atomic mass is 16.4. The first-order chi connectivity index (χ1) is 13.3. The molecule has 0 bridgehead atoms. The number of hydrogen-bond acceptors (Lipinski definition) is 5. The maximum atomic E-state index is 11.7. The fraction of sp³-hybridized carbons (Fsp3) is 0.826. The van der Waals surface area contributed by atoms with Gasteiger partial charge in [0.1, 0.15) is 11.4 Å². The molecule has 28 heavy (non-hydrogen) atoms. The molecule has 5 nitrogen and oxygen atoms in total. The molecule has 158 valence electrons. The molecule has 0 aliphatic heterocycles. The van der Waals surface area contributed by atoms with E-state index in [4.69, 9.17) is 10.2 Å². The normalized spacial score (nSPS) is 49.1. The summed E-state index contributed by atoms with van der Waals surface area (Å²) in [7, 11) is 0. The molecular weight excluding hydrogens is 354 g/mol. The van der Waals surface area contributed by atoms with E-state index in [1.165, 1.54) is 0 Å². The van der Waals surface area contributed by atoms with Crippen molar-refractivity contribution in [3.63, 3.8) is 0 Å². The Labute approximate surface area is 168 Å². The first-order valence-electron chi connectivity index (χ1n) is 11.1. The Kier molecular flexibility index (Phi) is 5.18. The average Bonchev–Trinajstić information content (AvgIpc) is 3.31. The topological polar surface area (TPSA) is 99.9 Å². The highest BCUT2D eigenvalue weighted by Crippen LogP contribution is 2.67. The van der Waals surface area contributed by atoms with Crippen LogP contribution in [0.4, 0.5) is 0 Å². The zero-order valence-corrected chi connectivity index (χ0v) is 17.3. The van der Waals surface area contributed by atoms with Gasteiger partial charge in [-0.1, -0.05) is 13.8 Å². The van der Waals surface area contributed by atoms with Gasteiger partial charge >= 0.3 is 0 Å². The molecule has 0 amide bonds. The standard InChI is InChI=1S/C23H37NO4/c1-21(8-5-16(26)12-15(21)14-25)18-6-9-22(2)19(17(18)13-24)7-10-23(22,27)20-4-3-11-28-20/h3-4,11,15-19,25-27H,5-10,12-14,24H2,1-2H3/t15-,16+,17-,18+,19+,21+,22+,23-/m1/s1. The van der Waals surface area contributed by atoms with Gasteiger partial charge in [0, 0.05) is 12.0 Å². The number of fused-ring (bicyclic) bond motifs is 1. The van der Waals surface area contributed by atoms with Crippen LogP contribution in [0.15, 0.2) is 22.8 Å². The molecule has 0 radical (unpaired) electrons. The van der Waals surface area contributed by atoms with Gasteiger partial charge in [0.05, 0.1) is 12.4 Å². The maximum Gasteiger partial charge on any atom is 0.135 e. The molecule has 0 aromatic carbocycles. The Morgan fingerprint density at radius 2 is 1.89 bits per heavy atom. The number of nitrogens with two attached hydrogens (primary N) is 1. The zero-order valence-electron chi connectivity index (χ0n) is 17.3. The van der Waals surface area contributed by atoms with E-state index in [9.17, 15) is 15.3 Å². The second kappa shape index (κ2) is 7.12. The molecule has 8 atom stereocenters. The van der Waals surface area contributed by atoms with Crippen molar-refractivity contribution in [2.45, 2.75) is 70.5 Å². The highest BCUT2D eigenvalue weighted by molar-refractivity contribution is 5.21. The van der Waals surface area contributed by atoms with Gasteiger partial charge in [-0.25, -0.2) is 0 Å². The van der Waals surface area contributed by atoms with Gasteiger partial charge < -0.3 is 25.5 Å². The summed E-state index contributed by atoms with van der Waals surface area (Å²) in [4.78, 5) is 0. The van der Waals surface area contributed by atoms with E-state index in [0.717, 1.165) is 32.1 Å². The number of rotatable bonds is 4. The van der Waals surface area contributed by atoms with E-state index in [1.807, 2.05) is 12.1 Å². The quantitative estimate of drug-likeness (QED) is 0.632. The fourth-order valence-corrected chi connectivity index (χ4v) is 7.54. The zero-order chi connectivity index (χ0) is 20.2. The van der Waals surface area contributed by atoms with Crippen LogP contribution in [-0.4, -0.2) is 34.6 Å². The lowest BCUT2D eigenvalue weighted by Crippen LogP contribution is -2.55. The van der Waals surface area contributed by atoms with Crippen molar-refractivity contribution in [1.29, 1.82) is 0 Å². The fourth-order valence-electron chi connectivity index (χ4n) is 7.54. The maximum absolute atomic E-state index is 11.7. The van der Waals surface area contributed by atoms with Crippen LogP contribution in [0.1, 0.15) is 64.6 Å². The minimum absolute atomic E-state index is 0.00919. The third-order valence-electron chi connectivity index (χ3n) is 9.36. The summed E-state index contributed by atoms with van der Waals surface area (Å²) in [6.07, 6.45) is 7.37. The summed E-state index contributed by atoms with van der Waals surface area (Å²) < 4.78 is 5.67. The van der Waals surface area contributed by atoms with Crippen LogP contribution in [-0.2, 0) is 5.60 Å². The molecule has 4 rings (SSSR count). The van der Waals surface area contributed by atoms with Gasteiger partial charge in [-0.2, -0.15) is 0 Å². The second-order valence-electron chi connectivity index (χ2n) is 10.3. The van der Waals surface area contributed by atoms with E-state index < -0.39 is 5.60 Å². The molecule has 3 saturated carbocycles. The second-order valence-corrected chi connectivity index (χ2v) is 10.3. The third kappa shape index (κ3) is 2.73. The van der Waals surface area contributed by atoms with Crippen molar-refractivity contribution < 1.29 is 19.7 Å². The molecule has 0 saturated heterocycles. The Morgan fingerprint density at radius 3 is 2.54 bits per heavy atom. The van der Waals surface area contributed by atoms with Gasteiger partial charge in [0.2, 0.25) is 0 Å². The predicted molar refractivity (Wildman–Crippen MR) is 107 cm³/mol. The SMILES string of the molecule is C[C@]1([C@H]2CC[C@@]3(C)[C@@H](CC[C@@]3(O)c3ccco3)[C@@H]2CN)CC[C@H](O)C[C@@H]1CO. The molecular formula is C23H37NO4. The van der Waals surface area contributed by atoms with Crippen LogP contribution in [0.25, 0.3) is 0 Å². The summed E-state index contributed by atoms with van der Waals surface area (Å²) in [5.41, 5.74) is 5.19. The van der Waals surface area contributed by atoms with Crippen molar-refractivity contribution >= 4 is 0 Å². The first kappa shape index (κ1) is 20.4. The lowest BCUT2D eigenvalue weighted by atomic mass is 9.48. The Balaban J connectivity index is 1.66. The molecule has 3 aliphatic carbocycles. The van der Waals surface area contributed by atoms with Crippen LogP contribution in [0.2, 0.25) is 0 Å². The van der Waals surface area contributed by atoms with Gasteiger partial charge in [-0.3, -0.25) is 0 Å². The van der Waals surface area contributed by atoms with E-state index in [-0.39, 0.29) is 29.5 Å². The van der Waals surface area contributed by atoms with Crippen molar-refractivity contribution in [2.75, 3.05) is 13.2 Å². The number of aliphatic hydroxyl groups is 3. The van der Waals surface area contributed by atoms with E-state index in [0.29, 0.717) is 42.9 Å². The number of furan rings is 1. The van der Waals surface area contributed by atoms with Gasteiger partial charge in [-0.05, 0) is 92.7 Å². The van der Waals surface area contributed by atoms with Gasteiger partial charge in [0.25, 0.3) is 0 Å². The molecule has 0 unspecified atom stereocenters. The average molecular weight is 392 g/mol.